The van der Waals surface area contributed by atoms with E-state index in [4.69, 9.17) is 15.9 Å². The van der Waals surface area contributed by atoms with Crippen LogP contribution in [0.1, 0.15) is 11.1 Å². The van der Waals surface area contributed by atoms with Crippen molar-refractivity contribution in [1.82, 2.24) is 0 Å². The maximum absolute atomic E-state index is 12.6. The van der Waals surface area contributed by atoms with E-state index < -0.39 is 11.7 Å². The van der Waals surface area contributed by atoms with Crippen LogP contribution in [-0.4, -0.2) is 20.3 Å². The molecule has 0 amide bonds. The van der Waals surface area contributed by atoms with Crippen LogP contribution >= 0.6 is 0 Å². The minimum atomic E-state index is -4.48. The number of halogens is 3. The molecule has 17 heavy (non-hydrogen) atoms. The summed E-state index contributed by atoms with van der Waals surface area (Å²) >= 11 is 0. The lowest BCUT2D eigenvalue weighted by atomic mass is 10.1. The van der Waals surface area contributed by atoms with Crippen molar-refractivity contribution in [1.29, 1.82) is 0 Å². The zero-order chi connectivity index (χ0) is 12.9. The van der Waals surface area contributed by atoms with Crippen LogP contribution in [0.2, 0.25) is 0 Å². The van der Waals surface area contributed by atoms with Gasteiger partial charge in [-0.2, -0.15) is 13.2 Å². The summed E-state index contributed by atoms with van der Waals surface area (Å²) in [4.78, 5) is 0. The van der Waals surface area contributed by atoms with E-state index in [9.17, 15) is 13.2 Å². The lowest BCUT2D eigenvalue weighted by molar-refractivity contribution is -0.137. The summed E-state index contributed by atoms with van der Waals surface area (Å²) in [6.07, 6.45) is 0.524. The van der Waals surface area contributed by atoms with E-state index in [0.29, 0.717) is 6.61 Å². The summed E-state index contributed by atoms with van der Waals surface area (Å²) in [5.41, 5.74) is -1.06. The number of methoxy groups -OCH3 is 1. The van der Waals surface area contributed by atoms with Gasteiger partial charge < -0.3 is 9.47 Å². The molecule has 0 saturated heterocycles. The lowest BCUT2D eigenvalue weighted by Crippen LogP contribution is -2.09. The molecule has 0 aliphatic carbocycles. The molecule has 92 valence electrons. The van der Waals surface area contributed by atoms with E-state index >= 15 is 0 Å². The van der Waals surface area contributed by atoms with Crippen molar-refractivity contribution in [3.8, 4) is 18.1 Å². The second-order valence-corrected chi connectivity index (χ2v) is 3.19. The van der Waals surface area contributed by atoms with Crippen LogP contribution in [0.4, 0.5) is 13.2 Å². The van der Waals surface area contributed by atoms with Crippen LogP contribution in [0.25, 0.3) is 0 Å². The van der Waals surface area contributed by atoms with E-state index in [2.05, 4.69) is 0 Å². The number of benzene rings is 1. The van der Waals surface area contributed by atoms with Crippen molar-refractivity contribution >= 4 is 0 Å². The number of alkyl halides is 3. The molecular weight excluding hydrogens is 233 g/mol. The Morgan fingerprint density at radius 3 is 2.53 bits per heavy atom. The van der Waals surface area contributed by atoms with E-state index in [0.717, 1.165) is 6.07 Å². The fraction of sp³-hybridized carbons (Fsp3) is 0.333. The number of terminal acetylenes is 1. The summed E-state index contributed by atoms with van der Waals surface area (Å²) in [5.74, 6) is 2.12. The largest absolute Gasteiger partial charge is 0.491 e. The highest BCUT2D eigenvalue weighted by molar-refractivity contribution is 5.45. The van der Waals surface area contributed by atoms with Gasteiger partial charge in [0.25, 0.3) is 0 Å². The quantitative estimate of drug-likeness (QED) is 0.599. The Bertz CT molecular complexity index is 419. The average molecular weight is 244 g/mol. The molecule has 1 aromatic rings. The molecule has 0 spiro atoms. The van der Waals surface area contributed by atoms with Crippen molar-refractivity contribution < 1.29 is 22.6 Å². The third kappa shape index (κ3) is 3.68. The summed E-state index contributed by atoms with van der Waals surface area (Å²) in [5, 5.41) is 0. The second kappa shape index (κ2) is 5.60. The van der Waals surface area contributed by atoms with E-state index in [1.54, 1.807) is 0 Å². The first-order valence-electron chi connectivity index (χ1n) is 4.78. The van der Waals surface area contributed by atoms with Gasteiger partial charge in [0.15, 0.2) is 0 Å². The van der Waals surface area contributed by atoms with Crippen LogP contribution < -0.4 is 4.74 Å². The first kappa shape index (κ1) is 13.4. The summed E-state index contributed by atoms with van der Waals surface area (Å²) in [7, 11) is 1.48. The minimum Gasteiger partial charge on any atom is -0.491 e. The molecule has 0 bridgehead atoms. The monoisotopic (exact) mass is 244 g/mol. The van der Waals surface area contributed by atoms with Crippen LogP contribution in [-0.2, 0) is 10.9 Å². The second-order valence-electron chi connectivity index (χ2n) is 3.19. The molecule has 1 rings (SSSR count). The number of ether oxygens (including phenoxy) is 2. The Kier molecular flexibility index (Phi) is 4.41. The molecule has 0 saturated carbocycles. The van der Waals surface area contributed by atoms with Crippen LogP contribution in [0.5, 0.6) is 5.75 Å². The molecule has 5 heteroatoms. The van der Waals surface area contributed by atoms with E-state index in [1.165, 1.54) is 19.2 Å². The predicted octanol–water partition coefficient (Wildman–Crippen LogP) is 2.71. The zero-order valence-corrected chi connectivity index (χ0v) is 9.17. The van der Waals surface area contributed by atoms with Crippen molar-refractivity contribution in [2.24, 2.45) is 0 Å². The topological polar surface area (TPSA) is 18.5 Å². The van der Waals surface area contributed by atoms with Gasteiger partial charge in [0.2, 0.25) is 0 Å². The first-order chi connectivity index (χ1) is 7.99. The summed E-state index contributed by atoms with van der Waals surface area (Å²) in [6, 6.07) is 3.51. The third-order valence-electron chi connectivity index (χ3n) is 2.01. The highest BCUT2D eigenvalue weighted by atomic mass is 19.4. The fourth-order valence-corrected chi connectivity index (χ4v) is 1.22. The lowest BCUT2D eigenvalue weighted by Gasteiger charge is -2.12. The van der Waals surface area contributed by atoms with Gasteiger partial charge >= 0.3 is 6.18 Å². The van der Waals surface area contributed by atoms with Gasteiger partial charge in [-0.3, -0.25) is 0 Å². The molecule has 1 aromatic carbocycles. The standard InChI is InChI=1S/C12H11F3O2/c1-3-9-4-5-10(17-7-6-16-2)8-11(9)12(13,14)15/h1,4-5,8H,6-7H2,2H3. The Balaban J connectivity index is 2.94. The van der Waals surface area contributed by atoms with Crippen LogP contribution in [0.15, 0.2) is 18.2 Å². The highest BCUT2D eigenvalue weighted by Gasteiger charge is 2.33. The van der Waals surface area contributed by atoms with Gasteiger partial charge in [-0.15, -0.1) is 6.42 Å². The highest BCUT2D eigenvalue weighted by Crippen LogP contribution is 2.34. The minimum absolute atomic E-state index is 0.119. The smallest absolute Gasteiger partial charge is 0.417 e. The maximum atomic E-state index is 12.6. The van der Waals surface area contributed by atoms with Gasteiger partial charge in [-0.1, -0.05) is 5.92 Å². The number of rotatable bonds is 4. The van der Waals surface area contributed by atoms with Gasteiger partial charge in [0, 0.05) is 12.7 Å². The molecule has 0 unspecified atom stereocenters. The molecule has 0 heterocycles. The zero-order valence-electron chi connectivity index (χ0n) is 9.17. The summed E-state index contributed by atoms with van der Waals surface area (Å²) < 4.78 is 47.7. The van der Waals surface area contributed by atoms with Crippen LogP contribution in [0.3, 0.4) is 0 Å². The number of hydrogen-bond acceptors (Lipinski definition) is 2. The fourth-order valence-electron chi connectivity index (χ4n) is 1.22. The molecule has 0 radical (unpaired) electrons. The van der Waals surface area contributed by atoms with E-state index in [1.807, 2.05) is 5.92 Å². The molecular formula is C12H11F3O2. The molecule has 0 fully saturated rings. The number of hydrogen-bond donors (Lipinski definition) is 0. The Labute approximate surface area is 97.3 Å². The molecule has 2 nitrogen and oxygen atoms in total. The van der Waals surface area contributed by atoms with Crippen molar-refractivity contribution in [3.63, 3.8) is 0 Å². The summed E-state index contributed by atoms with van der Waals surface area (Å²) in [6.45, 7) is 0.488. The van der Waals surface area contributed by atoms with Gasteiger partial charge in [0.1, 0.15) is 12.4 Å². The molecule has 0 aliphatic heterocycles. The SMILES string of the molecule is C#Cc1ccc(OCCOC)cc1C(F)(F)F. The Morgan fingerprint density at radius 1 is 1.29 bits per heavy atom. The average Bonchev–Trinajstić information content (AvgIpc) is 2.28. The molecule has 0 aromatic heterocycles. The third-order valence-corrected chi connectivity index (χ3v) is 2.01. The van der Waals surface area contributed by atoms with Crippen molar-refractivity contribution in [3.05, 3.63) is 29.3 Å². The van der Waals surface area contributed by atoms with Gasteiger partial charge in [0.05, 0.1) is 12.2 Å². The van der Waals surface area contributed by atoms with Crippen molar-refractivity contribution in [2.75, 3.05) is 20.3 Å². The van der Waals surface area contributed by atoms with Crippen LogP contribution in [0, 0.1) is 12.3 Å². The van der Waals surface area contributed by atoms with Gasteiger partial charge in [-0.05, 0) is 18.2 Å². The molecule has 0 N–H and O–H groups in total. The molecule has 0 aliphatic rings. The first-order valence-corrected chi connectivity index (χ1v) is 4.78. The molecule has 0 atom stereocenters. The Hall–Kier alpha value is -1.67. The van der Waals surface area contributed by atoms with Crippen molar-refractivity contribution in [2.45, 2.75) is 6.18 Å². The normalized spacial score (nSPS) is 11.0. The van der Waals surface area contributed by atoms with E-state index in [-0.39, 0.29) is 17.9 Å². The maximum Gasteiger partial charge on any atom is 0.417 e. The Morgan fingerprint density at radius 2 is 2.00 bits per heavy atom. The predicted molar refractivity (Wildman–Crippen MR) is 56.8 cm³/mol. The van der Waals surface area contributed by atoms with Gasteiger partial charge in [-0.25, -0.2) is 0 Å².